The number of halogens is 5. The third kappa shape index (κ3) is 4.64. The number of fused-ring (bicyclic) bond motifs is 1. The van der Waals surface area contributed by atoms with E-state index in [4.69, 9.17) is 21.1 Å². The number of aliphatic hydroxyl groups is 1. The summed E-state index contributed by atoms with van der Waals surface area (Å²) < 4.78 is 64.2. The second-order valence-corrected chi connectivity index (χ2v) is 9.68. The first-order chi connectivity index (χ1) is 16.5. The molecule has 3 fully saturated rings. The van der Waals surface area contributed by atoms with Gasteiger partial charge in [-0.05, 0) is 30.9 Å². The van der Waals surface area contributed by atoms with Gasteiger partial charge in [0.2, 0.25) is 5.88 Å². The molecule has 2 atom stereocenters. The fourth-order valence-corrected chi connectivity index (χ4v) is 5.42. The molecule has 1 aromatic heterocycles. The van der Waals surface area contributed by atoms with Crippen LogP contribution in [0.15, 0.2) is 30.5 Å². The van der Waals surface area contributed by atoms with Crippen molar-refractivity contribution in [3.63, 3.8) is 0 Å². The Bertz CT molecular complexity index is 1120. The number of rotatable bonds is 7. The van der Waals surface area contributed by atoms with Gasteiger partial charge in [0.1, 0.15) is 18.2 Å². The van der Waals surface area contributed by atoms with Crippen LogP contribution in [0.5, 0.6) is 11.6 Å². The Hall–Kier alpha value is -2.63. The molecule has 188 valence electrons. The number of benzene rings is 1. The van der Waals surface area contributed by atoms with E-state index in [1.165, 1.54) is 6.07 Å². The van der Waals surface area contributed by atoms with E-state index in [1.54, 1.807) is 12.3 Å². The minimum absolute atomic E-state index is 0.0292. The number of amides is 1. The van der Waals surface area contributed by atoms with E-state index in [2.05, 4.69) is 15.0 Å². The number of alkyl halides is 3. The molecule has 3 saturated carbocycles. The summed E-state index contributed by atoms with van der Waals surface area (Å²) in [6, 6.07) is 5.78. The first-order valence-corrected chi connectivity index (χ1v) is 11.3. The molecule has 12 heteroatoms. The Morgan fingerprint density at radius 3 is 2.66 bits per heavy atom. The fourth-order valence-electron chi connectivity index (χ4n) is 5.25. The summed E-state index contributed by atoms with van der Waals surface area (Å²) in [5.74, 6) is -0.778. The first kappa shape index (κ1) is 24.1. The highest BCUT2D eigenvalue weighted by Crippen LogP contribution is 2.67. The van der Waals surface area contributed by atoms with Crippen molar-refractivity contribution in [2.45, 2.75) is 55.2 Å². The van der Waals surface area contributed by atoms with Crippen molar-refractivity contribution >= 4 is 17.5 Å². The van der Waals surface area contributed by atoms with Crippen LogP contribution in [0.1, 0.15) is 42.9 Å². The molecule has 2 N–H and O–H groups in total. The van der Waals surface area contributed by atoms with Gasteiger partial charge in [0.15, 0.2) is 6.10 Å². The van der Waals surface area contributed by atoms with Gasteiger partial charge in [-0.2, -0.15) is 0 Å². The number of aliphatic hydroxyl groups excluding tert-OH is 1. The number of carbonyl (C=O) groups is 1. The molecular weight excluding hydrogens is 496 g/mol. The Kier molecular flexibility index (Phi) is 5.84. The summed E-state index contributed by atoms with van der Waals surface area (Å²) in [5, 5.41) is 13.3. The number of nitrogens with zero attached hydrogens (tertiary/aromatic N) is 1. The number of hydrogen-bond acceptors (Lipinski definition) is 6. The topological polar surface area (TPSA) is 89.9 Å². The molecule has 4 aliphatic rings. The van der Waals surface area contributed by atoms with Crippen LogP contribution in [-0.4, -0.2) is 47.2 Å². The Balaban J connectivity index is 1.13. The number of carbonyl (C=O) groups excluding carboxylic acids is 1. The lowest BCUT2D eigenvalue weighted by molar-refractivity contribution is -0.325. The molecular formula is C23H21ClF4N2O5. The van der Waals surface area contributed by atoms with E-state index in [9.17, 15) is 27.5 Å². The normalized spacial score (nSPS) is 28.7. The van der Waals surface area contributed by atoms with Gasteiger partial charge in [-0.3, -0.25) is 9.53 Å². The van der Waals surface area contributed by atoms with Gasteiger partial charge in [0, 0.05) is 41.3 Å². The van der Waals surface area contributed by atoms with E-state index in [0.717, 1.165) is 11.6 Å². The highest BCUT2D eigenvalue weighted by molar-refractivity contribution is 6.30. The quantitative estimate of drug-likeness (QED) is 0.428. The average molecular weight is 517 g/mol. The maximum atomic E-state index is 13.8. The van der Waals surface area contributed by atoms with Crippen molar-refractivity contribution in [1.82, 2.24) is 10.3 Å². The molecule has 1 amide bonds. The molecule has 0 spiro atoms. The maximum Gasteiger partial charge on any atom is 0.522 e. The fraction of sp³-hybridized carbons (Fsp3) is 0.478. The standard InChI is InChI=1S/C23H21ClF4N2O5/c24-14-5-13-16(31)7-18(35-17(13)6-15(14)25)20(32)30-22-9-21(10-22,11-22)12-1-2-19(29-8-12)33-3-4-34-23(26,27)28/h1-2,5-6,8,16,18,31H,3-4,7,9-11H2,(H,30,32)/t16-,18-,21?,22?/m1/s1. The highest BCUT2D eigenvalue weighted by Gasteiger charge is 2.69. The Labute approximate surface area is 202 Å². The van der Waals surface area contributed by atoms with E-state index in [1.807, 2.05) is 6.07 Å². The van der Waals surface area contributed by atoms with Crippen LogP contribution in [0.4, 0.5) is 17.6 Å². The van der Waals surface area contributed by atoms with Crippen molar-refractivity contribution in [2.24, 2.45) is 0 Å². The molecule has 0 saturated heterocycles. The summed E-state index contributed by atoms with van der Waals surface area (Å²) in [6.45, 7) is -0.913. The summed E-state index contributed by atoms with van der Waals surface area (Å²) in [6.07, 6.45) is -2.91. The third-order valence-electron chi connectivity index (χ3n) is 6.78. The van der Waals surface area contributed by atoms with Gasteiger partial charge in [0.25, 0.3) is 5.91 Å². The van der Waals surface area contributed by atoms with Crippen LogP contribution in [0.25, 0.3) is 0 Å². The Morgan fingerprint density at radius 1 is 1.26 bits per heavy atom. The van der Waals surface area contributed by atoms with Crippen molar-refractivity contribution < 1.29 is 41.7 Å². The van der Waals surface area contributed by atoms with Crippen molar-refractivity contribution in [2.75, 3.05) is 13.2 Å². The molecule has 6 rings (SSSR count). The van der Waals surface area contributed by atoms with Gasteiger partial charge in [-0.25, -0.2) is 9.37 Å². The lowest BCUT2D eigenvalue weighted by Crippen LogP contribution is -2.77. The van der Waals surface area contributed by atoms with Crippen molar-refractivity contribution in [3.8, 4) is 11.6 Å². The van der Waals surface area contributed by atoms with E-state index in [0.29, 0.717) is 24.8 Å². The van der Waals surface area contributed by atoms with Crippen LogP contribution in [0.2, 0.25) is 5.02 Å². The highest BCUT2D eigenvalue weighted by atomic mass is 35.5. The Morgan fingerprint density at radius 2 is 2.00 bits per heavy atom. The zero-order valence-electron chi connectivity index (χ0n) is 18.2. The molecule has 0 unspecified atom stereocenters. The molecule has 1 aromatic carbocycles. The summed E-state index contributed by atoms with van der Waals surface area (Å²) >= 11 is 5.77. The van der Waals surface area contributed by atoms with Crippen LogP contribution < -0.4 is 14.8 Å². The van der Waals surface area contributed by atoms with Crippen LogP contribution in [-0.2, 0) is 14.9 Å². The van der Waals surface area contributed by atoms with E-state index in [-0.39, 0.29) is 46.5 Å². The monoisotopic (exact) mass is 516 g/mol. The predicted octanol–water partition coefficient (Wildman–Crippen LogP) is 3.96. The predicted molar refractivity (Wildman–Crippen MR) is 114 cm³/mol. The van der Waals surface area contributed by atoms with Gasteiger partial charge in [-0.1, -0.05) is 17.7 Å². The van der Waals surface area contributed by atoms with E-state index >= 15 is 0 Å². The minimum Gasteiger partial charge on any atom is -0.480 e. The van der Waals surface area contributed by atoms with Crippen LogP contribution in [0, 0.1) is 5.82 Å². The second-order valence-electron chi connectivity index (χ2n) is 9.27. The van der Waals surface area contributed by atoms with Crippen molar-refractivity contribution in [3.05, 3.63) is 52.4 Å². The number of pyridine rings is 1. The van der Waals surface area contributed by atoms with E-state index < -0.39 is 31.0 Å². The lowest BCUT2D eigenvalue weighted by Gasteiger charge is -2.71. The summed E-state index contributed by atoms with van der Waals surface area (Å²) in [5.41, 5.74) is 0.800. The molecule has 0 radical (unpaired) electrons. The third-order valence-corrected chi connectivity index (χ3v) is 7.07. The number of hydrogen-bond donors (Lipinski definition) is 2. The SMILES string of the molecule is O=C(NC12CC(c3ccc(OCCOC(F)(F)F)nc3)(C1)C2)[C@H]1C[C@@H](O)c2cc(Cl)c(F)cc2O1. The maximum absolute atomic E-state index is 13.8. The molecule has 1 aliphatic heterocycles. The van der Waals surface area contributed by atoms with Gasteiger partial charge in [-0.15, -0.1) is 13.2 Å². The molecule has 2 bridgehead atoms. The number of aromatic nitrogens is 1. The molecule has 35 heavy (non-hydrogen) atoms. The van der Waals surface area contributed by atoms with Crippen LogP contribution in [0.3, 0.4) is 0 Å². The number of ether oxygens (including phenoxy) is 3. The largest absolute Gasteiger partial charge is 0.522 e. The summed E-state index contributed by atoms with van der Waals surface area (Å²) in [4.78, 5) is 17.0. The average Bonchev–Trinajstić information content (AvgIpc) is 2.74. The first-order valence-electron chi connectivity index (χ1n) is 10.9. The second kappa shape index (κ2) is 8.49. The van der Waals surface area contributed by atoms with Crippen LogP contribution >= 0.6 is 11.6 Å². The summed E-state index contributed by atoms with van der Waals surface area (Å²) in [7, 11) is 0. The lowest BCUT2D eigenvalue weighted by atomic mass is 9.37. The number of nitrogens with one attached hydrogen (secondary N) is 1. The zero-order chi connectivity index (χ0) is 25.0. The smallest absolute Gasteiger partial charge is 0.480 e. The van der Waals surface area contributed by atoms with Gasteiger partial charge in [0.05, 0.1) is 17.7 Å². The van der Waals surface area contributed by atoms with Crippen molar-refractivity contribution in [1.29, 1.82) is 0 Å². The van der Waals surface area contributed by atoms with Gasteiger partial charge < -0.3 is 19.9 Å². The molecule has 3 aliphatic carbocycles. The zero-order valence-corrected chi connectivity index (χ0v) is 19.0. The molecule has 7 nitrogen and oxygen atoms in total. The molecule has 2 aromatic rings. The van der Waals surface area contributed by atoms with Gasteiger partial charge >= 0.3 is 6.36 Å². The molecule has 2 heterocycles. The minimum atomic E-state index is -4.70.